The van der Waals surface area contributed by atoms with E-state index >= 15 is 0 Å². The average molecular weight is 262 g/mol. The predicted octanol–water partition coefficient (Wildman–Crippen LogP) is 0.504. The van der Waals surface area contributed by atoms with E-state index in [0.717, 1.165) is 6.42 Å². The van der Waals surface area contributed by atoms with Crippen LogP contribution in [0.4, 0.5) is 0 Å². The van der Waals surface area contributed by atoms with Gasteiger partial charge in [-0.15, -0.1) is 0 Å². The predicted molar refractivity (Wildman–Crippen MR) is 70.8 cm³/mol. The lowest BCUT2D eigenvalue weighted by Crippen LogP contribution is -2.55. The van der Waals surface area contributed by atoms with Crippen molar-refractivity contribution in [3.63, 3.8) is 0 Å². The molecule has 0 radical (unpaired) electrons. The standard InChI is InChI=1S/C14H18N2O3/c17-13-9-15-12(8-14(18)19)10-16(13)7-6-11-4-2-1-3-5-11/h1-5,12,15H,6-10H2,(H,18,19). The fourth-order valence-corrected chi connectivity index (χ4v) is 2.25. The van der Waals surface area contributed by atoms with Crippen LogP contribution in [-0.2, 0) is 16.0 Å². The molecule has 0 aliphatic carbocycles. The molecule has 0 spiro atoms. The molecule has 0 aromatic heterocycles. The van der Waals surface area contributed by atoms with Gasteiger partial charge in [0.2, 0.25) is 5.91 Å². The average Bonchev–Trinajstić information content (AvgIpc) is 2.40. The largest absolute Gasteiger partial charge is 0.481 e. The zero-order valence-corrected chi connectivity index (χ0v) is 10.7. The third-order valence-corrected chi connectivity index (χ3v) is 3.27. The van der Waals surface area contributed by atoms with Crippen molar-refractivity contribution in [2.24, 2.45) is 0 Å². The van der Waals surface area contributed by atoms with Crippen molar-refractivity contribution in [1.29, 1.82) is 0 Å². The third kappa shape index (κ3) is 4.06. The van der Waals surface area contributed by atoms with Crippen LogP contribution in [-0.4, -0.2) is 47.6 Å². The number of benzene rings is 1. The maximum atomic E-state index is 11.8. The van der Waals surface area contributed by atoms with E-state index in [-0.39, 0.29) is 24.9 Å². The van der Waals surface area contributed by atoms with E-state index in [2.05, 4.69) is 5.32 Å². The number of carboxylic acid groups (broad SMARTS) is 1. The Morgan fingerprint density at radius 2 is 2.11 bits per heavy atom. The zero-order chi connectivity index (χ0) is 13.7. The summed E-state index contributed by atoms with van der Waals surface area (Å²) in [4.78, 5) is 24.2. The smallest absolute Gasteiger partial charge is 0.304 e. The molecule has 1 fully saturated rings. The van der Waals surface area contributed by atoms with Crippen LogP contribution in [0.2, 0.25) is 0 Å². The Bertz CT molecular complexity index is 447. The highest BCUT2D eigenvalue weighted by Gasteiger charge is 2.26. The molecule has 1 unspecified atom stereocenters. The molecular formula is C14H18N2O3. The molecule has 19 heavy (non-hydrogen) atoms. The van der Waals surface area contributed by atoms with Crippen LogP contribution in [0.15, 0.2) is 30.3 Å². The van der Waals surface area contributed by atoms with Crippen molar-refractivity contribution in [2.75, 3.05) is 19.6 Å². The van der Waals surface area contributed by atoms with Gasteiger partial charge in [-0.05, 0) is 12.0 Å². The van der Waals surface area contributed by atoms with Gasteiger partial charge in [0, 0.05) is 19.1 Å². The van der Waals surface area contributed by atoms with Gasteiger partial charge in [0.25, 0.3) is 0 Å². The molecule has 5 nitrogen and oxygen atoms in total. The van der Waals surface area contributed by atoms with Gasteiger partial charge in [-0.1, -0.05) is 30.3 Å². The number of hydrogen-bond acceptors (Lipinski definition) is 3. The van der Waals surface area contributed by atoms with E-state index < -0.39 is 5.97 Å². The molecule has 1 saturated heterocycles. The molecule has 0 bridgehead atoms. The number of nitrogens with one attached hydrogen (secondary N) is 1. The maximum absolute atomic E-state index is 11.8. The molecule has 102 valence electrons. The van der Waals surface area contributed by atoms with Crippen molar-refractivity contribution < 1.29 is 14.7 Å². The van der Waals surface area contributed by atoms with Crippen LogP contribution in [0.25, 0.3) is 0 Å². The first-order valence-electron chi connectivity index (χ1n) is 6.42. The molecule has 1 atom stereocenters. The number of hydrogen-bond donors (Lipinski definition) is 2. The summed E-state index contributed by atoms with van der Waals surface area (Å²) < 4.78 is 0. The van der Waals surface area contributed by atoms with Gasteiger partial charge in [-0.2, -0.15) is 0 Å². The second kappa shape index (κ2) is 6.33. The van der Waals surface area contributed by atoms with E-state index in [1.54, 1.807) is 4.90 Å². The topological polar surface area (TPSA) is 69.6 Å². The number of piperazine rings is 1. The van der Waals surface area contributed by atoms with Gasteiger partial charge in [-0.25, -0.2) is 0 Å². The van der Waals surface area contributed by atoms with Crippen LogP contribution < -0.4 is 5.32 Å². The molecule has 1 aromatic carbocycles. The molecule has 1 aliphatic rings. The molecule has 5 heteroatoms. The second-order valence-corrected chi connectivity index (χ2v) is 4.75. The molecule has 1 heterocycles. The Hall–Kier alpha value is -1.88. The highest BCUT2D eigenvalue weighted by molar-refractivity contribution is 5.79. The molecule has 2 rings (SSSR count). The van der Waals surface area contributed by atoms with Crippen LogP contribution in [0.1, 0.15) is 12.0 Å². The monoisotopic (exact) mass is 262 g/mol. The quantitative estimate of drug-likeness (QED) is 0.811. The van der Waals surface area contributed by atoms with E-state index in [1.807, 2.05) is 30.3 Å². The van der Waals surface area contributed by atoms with Gasteiger partial charge >= 0.3 is 5.97 Å². The van der Waals surface area contributed by atoms with Crippen molar-refractivity contribution in [3.05, 3.63) is 35.9 Å². The SMILES string of the molecule is O=C(O)CC1CN(CCc2ccccc2)C(=O)CN1. The van der Waals surface area contributed by atoms with E-state index in [1.165, 1.54) is 5.56 Å². The molecule has 0 saturated carbocycles. The number of carbonyl (C=O) groups is 2. The van der Waals surface area contributed by atoms with Crippen LogP contribution >= 0.6 is 0 Å². The molecule has 1 aliphatic heterocycles. The van der Waals surface area contributed by atoms with Gasteiger partial charge in [0.1, 0.15) is 0 Å². The lowest BCUT2D eigenvalue weighted by atomic mass is 10.1. The number of amides is 1. The lowest BCUT2D eigenvalue weighted by molar-refractivity contribution is -0.140. The lowest BCUT2D eigenvalue weighted by Gasteiger charge is -2.33. The Morgan fingerprint density at radius 1 is 1.37 bits per heavy atom. The van der Waals surface area contributed by atoms with Gasteiger partial charge in [0.15, 0.2) is 0 Å². The highest BCUT2D eigenvalue weighted by atomic mass is 16.4. The Morgan fingerprint density at radius 3 is 2.79 bits per heavy atom. The van der Waals surface area contributed by atoms with E-state index in [4.69, 9.17) is 5.11 Å². The van der Waals surface area contributed by atoms with Crippen molar-refractivity contribution in [2.45, 2.75) is 18.9 Å². The van der Waals surface area contributed by atoms with Crippen molar-refractivity contribution in [1.82, 2.24) is 10.2 Å². The first-order chi connectivity index (χ1) is 9.15. The summed E-state index contributed by atoms with van der Waals surface area (Å²) in [5.41, 5.74) is 1.18. The number of carboxylic acids is 1. The fraction of sp³-hybridized carbons (Fsp3) is 0.429. The third-order valence-electron chi connectivity index (χ3n) is 3.27. The van der Waals surface area contributed by atoms with E-state index in [9.17, 15) is 9.59 Å². The summed E-state index contributed by atoms with van der Waals surface area (Å²) in [5.74, 6) is -0.799. The first kappa shape index (κ1) is 13.5. The Labute approximate surface area is 112 Å². The van der Waals surface area contributed by atoms with Gasteiger partial charge in [-0.3, -0.25) is 9.59 Å². The number of carbonyl (C=O) groups excluding carboxylic acids is 1. The minimum absolute atomic E-state index is 0.0394. The van der Waals surface area contributed by atoms with Crippen LogP contribution in [0.3, 0.4) is 0 Å². The van der Waals surface area contributed by atoms with Crippen LogP contribution in [0, 0.1) is 0 Å². The normalized spacial score (nSPS) is 19.5. The summed E-state index contributed by atoms with van der Waals surface area (Å²) in [5, 5.41) is 11.7. The first-order valence-corrected chi connectivity index (χ1v) is 6.42. The highest BCUT2D eigenvalue weighted by Crippen LogP contribution is 2.07. The van der Waals surface area contributed by atoms with E-state index in [0.29, 0.717) is 13.1 Å². The summed E-state index contributed by atoms with van der Waals surface area (Å²) in [7, 11) is 0. The Kier molecular flexibility index (Phi) is 4.52. The molecule has 2 N–H and O–H groups in total. The summed E-state index contributed by atoms with van der Waals surface area (Å²) in [6.45, 7) is 1.34. The van der Waals surface area contributed by atoms with Crippen molar-refractivity contribution in [3.8, 4) is 0 Å². The molecular weight excluding hydrogens is 244 g/mol. The summed E-state index contributed by atoms with van der Waals surface area (Å²) in [6.07, 6.45) is 0.849. The minimum atomic E-state index is -0.838. The zero-order valence-electron chi connectivity index (χ0n) is 10.7. The summed E-state index contributed by atoms with van der Waals surface area (Å²) >= 11 is 0. The fourth-order valence-electron chi connectivity index (χ4n) is 2.25. The number of nitrogens with zero attached hydrogens (tertiary/aromatic N) is 1. The number of aliphatic carboxylic acids is 1. The Balaban J connectivity index is 1.87. The minimum Gasteiger partial charge on any atom is -0.481 e. The van der Waals surface area contributed by atoms with Gasteiger partial charge in [0.05, 0.1) is 13.0 Å². The van der Waals surface area contributed by atoms with Crippen LogP contribution in [0.5, 0.6) is 0 Å². The maximum Gasteiger partial charge on any atom is 0.304 e. The number of rotatable bonds is 5. The second-order valence-electron chi connectivity index (χ2n) is 4.75. The van der Waals surface area contributed by atoms with Crippen molar-refractivity contribution >= 4 is 11.9 Å². The summed E-state index contributed by atoms with van der Waals surface area (Å²) in [6, 6.07) is 9.82. The molecule has 1 aromatic rings. The van der Waals surface area contributed by atoms with Gasteiger partial charge < -0.3 is 15.3 Å². The molecule has 1 amide bonds.